The molecular weight excluding hydrogens is 644 g/mol. The number of terminal acetylenes is 1. The molecular formula is C37H39F2N7O4. The summed E-state index contributed by atoms with van der Waals surface area (Å²) in [5.41, 5.74) is 0.529. The predicted molar refractivity (Wildman–Crippen MR) is 182 cm³/mol. The standard InChI is InChI=1S/C37H39F2N7O4/c1-3-25-27(39)9-8-20-12-24(47)14-26(30(20)25)32(48)35-41-33-31(46(35)23-6-4-7-23)34(44-17-22-13-29(49-2)28(18-44)40-22)43-36(42-33)50-19-37-10-5-11-45(37)16-21(38)15-37/h1,8-9,12,14,21-23,28-29,40,47H,4-7,10-11,13,15-19H2,2H3/t21?,22?,28?,29?,37-/m0/s1. The molecule has 260 valence electrons. The summed E-state index contributed by atoms with van der Waals surface area (Å²) >= 11 is 0. The Bertz CT molecular complexity index is 2080. The average Bonchev–Trinajstić information content (AvgIpc) is 3.81. The molecule has 2 aromatic heterocycles. The molecule has 0 spiro atoms. The highest BCUT2D eigenvalue weighted by molar-refractivity contribution is 6.17. The number of carbonyl (C=O) groups excluding carboxylic acids is 1. The first-order valence-electron chi connectivity index (χ1n) is 17.6. The number of aromatic nitrogens is 4. The summed E-state index contributed by atoms with van der Waals surface area (Å²) in [6, 6.07) is 5.85. The van der Waals surface area contributed by atoms with Gasteiger partial charge in [0.25, 0.3) is 0 Å². The third-order valence-electron chi connectivity index (χ3n) is 11.7. The molecule has 5 atom stereocenters. The molecule has 4 unspecified atom stereocenters. The number of nitrogens with one attached hydrogen (secondary N) is 1. The number of alkyl halides is 1. The number of nitrogens with zero attached hydrogens (tertiary/aromatic N) is 6. The first-order chi connectivity index (χ1) is 24.2. The van der Waals surface area contributed by atoms with Crippen LogP contribution in [-0.4, -0.2) is 105 Å². The van der Waals surface area contributed by atoms with Crippen LogP contribution < -0.4 is 15.0 Å². The Balaban J connectivity index is 1.20. The van der Waals surface area contributed by atoms with Gasteiger partial charge in [-0.25, -0.2) is 13.8 Å². The molecule has 5 fully saturated rings. The van der Waals surface area contributed by atoms with Crippen LogP contribution in [0.2, 0.25) is 0 Å². The van der Waals surface area contributed by atoms with Crippen molar-refractivity contribution in [3.63, 3.8) is 0 Å². The van der Waals surface area contributed by atoms with Crippen molar-refractivity contribution in [2.45, 2.75) is 80.9 Å². The van der Waals surface area contributed by atoms with Gasteiger partial charge in [-0.15, -0.1) is 6.42 Å². The van der Waals surface area contributed by atoms with E-state index in [1.54, 1.807) is 7.11 Å². The maximum Gasteiger partial charge on any atom is 0.320 e. The molecule has 9 rings (SSSR count). The highest BCUT2D eigenvalue weighted by Gasteiger charge is 2.49. The van der Waals surface area contributed by atoms with Gasteiger partial charge in [-0.3, -0.25) is 9.69 Å². The lowest BCUT2D eigenvalue weighted by Crippen LogP contribution is -2.53. The number of anilines is 1. The maximum absolute atomic E-state index is 15.0. The summed E-state index contributed by atoms with van der Waals surface area (Å²) in [6.07, 6.45) is 10.7. The summed E-state index contributed by atoms with van der Waals surface area (Å²) < 4.78 is 43.7. The van der Waals surface area contributed by atoms with Crippen LogP contribution >= 0.6 is 0 Å². The SMILES string of the molecule is C#Cc1c(F)ccc2cc(O)cc(C(=O)c3nc4nc(OC[C@@]56CCCN5CC(F)C6)nc(N5CC6CC(OC)C(C5)N6)c4n3C3CCC3)c12. The van der Waals surface area contributed by atoms with Crippen LogP contribution in [0.25, 0.3) is 21.9 Å². The lowest BCUT2D eigenvalue weighted by atomic mass is 9.91. The zero-order valence-corrected chi connectivity index (χ0v) is 27.9. The Labute approximate surface area is 288 Å². The van der Waals surface area contributed by atoms with Gasteiger partial charge >= 0.3 is 6.01 Å². The molecule has 4 saturated heterocycles. The Morgan fingerprint density at radius 2 is 2.04 bits per heavy atom. The quantitative estimate of drug-likeness (QED) is 0.206. The zero-order chi connectivity index (χ0) is 34.3. The minimum absolute atomic E-state index is 0.0437. The molecule has 1 saturated carbocycles. The summed E-state index contributed by atoms with van der Waals surface area (Å²) in [4.78, 5) is 33.8. The van der Waals surface area contributed by atoms with Gasteiger partial charge in [-0.2, -0.15) is 9.97 Å². The fourth-order valence-electron chi connectivity index (χ4n) is 9.16. The number of halogens is 2. The van der Waals surface area contributed by atoms with Gasteiger partial charge in [0.2, 0.25) is 5.78 Å². The monoisotopic (exact) mass is 683 g/mol. The van der Waals surface area contributed by atoms with E-state index < -0.39 is 23.3 Å². The topological polar surface area (TPSA) is 118 Å². The summed E-state index contributed by atoms with van der Waals surface area (Å²) in [7, 11) is 1.73. The molecule has 2 bridgehead atoms. The summed E-state index contributed by atoms with van der Waals surface area (Å²) in [5.74, 6) is 1.84. The average molecular weight is 684 g/mol. The molecule has 50 heavy (non-hydrogen) atoms. The van der Waals surface area contributed by atoms with Crippen molar-refractivity contribution < 1.29 is 28.2 Å². The number of fused-ring (bicyclic) bond motifs is 5. The van der Waals surface area contributed by atoms with E-state index in [0.717, 1.165) is 45.1 Å². The highest BCUT2D eigenvalue weighted by atomic mass is 19.1. The second-order valence-corrected chi connectivity index (χ2v) is 14.6. The van der Waals surface area contributed by atoms with Gasteiger partial charge < -0.3 is 29.4 Å². The van der Waals surface area contributed by atoms with Crippen molar-refractivity contribution in [2.24, 2.45) is 0 Å². The van der Waals surface area contributed by atoms with Gasteiger partial charge in [-0.05, 0) is 68.7 Å². The smallest absolute Gasteiger partial charge is 0.320 e. The first kappa shape index (κ1) is 31.6. The Morgan fingerprint density at radius 1 is 1.18 bits per heavy atom. The van der Waals surface area contributed by atoms with Crippen molar-refractivity contribution in [1.29, 1.82) is 0 Å². The molecule has 1 aliphatic carbocycles. The number of ether oxygens (including phenoxy) is 2. The van der Waals surface area contributed by atoms with E-state index in [0.29, 0.717) is 48.4 Å². The number of phenols is 1. The molecule has 2 aromatic carbocycles. The van der Waals surface area contributed by atoms with Crippen LogP contribution in [-0.2, 0) is 4.74 Å². The number of benzene rings is 2. The highest BCUT2D eigenvalue weighted by Crippen LogP contribution is 2.43. The van der Waals surface area contributed by atoms with Crippen LogP contribution in [0.3, 0.4) is 0 Å². The van der Waals surface area contributed by atoms with Crippen molar-refractivity contribution >= 4 is 33.5 Å². The Hall–Kier alpha value is -4.38. The van der Waals surface area contributed by atoms with E-state index in [1.165, 1.54) is 24.3 Å². The van der Waals surface area contributed by atoms with Gasteiger partial charge in [0.05, 0.1) is 23.2 Å². The van der Waals surface area contributed by atoms with Crippen molar-refractivity contribution in [1.82, 2.24) is 29.7 Å². The largest absolute Gasteiger partial charge is 0.508 e. The number of imidazole rings is 1. The number of phenolic OH excluding ortho intramolecular Hbond substituents is 1. The lowest BCUT2D eigenvalue weighted by molar-refractivity contribution is 0.0947. The van der Waals surface area contributed by atoms with E-state index >= 15 is 4.39 Å². The third kappa shape index (κ3) is 4.94. The number of hydrogen-bond acceptors (Lipinski definition) is 10. The van der Waals surface area contributed by atoms with Gasteiger partial charge in [0, 0.05) is 56.2 Å². The molecule has 4 aliphatic heterocycles. The minimum atomic E-state index is -0.897. The summed E-state index contributed by atoms with van der Waals surface area (Å²) in [6.45, 7) is 2.77. The molecule has 5 aliphatic rings. The van der Waals surface area contributed by atoms with Crippen LogP contribution in [0.15, 0.2) is 24.3 Å². The number of ketones is 1. The van der Waals surface area contributed by atoms with Crippen LogP contribution in [0.4, 0.5) is 14.6 Å². The fraction of sp³-hybridized carbons (Fsp3) is 0.514. The fourth-order valence-corrected chi connectivity index (χ4v) is 9.16. The van der Waals surface area contributed by atoms with Gasteiger partial charge in [0.15, 0.2) is 17.3 Å². The van der Waals surface area contributed by atoms with Crippen LogP contribution in [0.5, 0.6) is 11.8 Å². The number of methoxy groups -OCH3 is 1. The van der Waals surface area contributed by atoms with Crippen LogP contribution in [0, 0.1) is 18.2 Å². The van der Waals surface area contributed by atoms with Crippen molar-refractivity contribution in [2.75, 3.05) is 44.8 Å². The lowest BCUT2D eigenvalue weighted by Gasteiger charge is -2.36. The Morgan fingerprint density at radius 3 is 2.82 bits per heavy atom. The van der Waals surface area contributed by atoms with Crippen molar-refractivity contribution in [3.8, 4) is 24.1 Å². The molecule has 6 heterocycles. The maximum atomic E-state index is 15.0. The number of rotatable bonds is 8. The van der Waals surface area contributed by atoms with Crippen LogP contribution in [0.1, 0.15) is 72.7 Å². The first-order valence-corrected chi connectivity index (χ1v) is 17.6. The number of hydrogen-bond donors (Lipinski definition) is 2. The van der Waals surface area contributed by atoms with Gasteiger partial charge in [-0.1, -0.05) is 12.0 Å². The molecule has 0 radical (unpaired) electrons. The summed E-state index contributed by atoms with van der Waals surface area (Å²) in [5, 5.41) is 15.0. The van der Waals surface area contributed by atoms with E-state index in [1.807, 2.05) is 4.57 Å². The molecule has 2 N–H and O–H groups in total. The second kappa shape index (κ2) is 11.9. The van der Waals surface area contributed by atoms with Gasteiger partial charge in [0.1, 0.15) is 29.9 Å². The molecule has 13 heteroatoms. The zero-order valence-electron chi connectivity index (χ0n) is 27.9. The molecule has 0 amide bonds. The van der Waals surface area contributed by atoms with E-state index in [2.05, 4.69) is 21.0 Å². The normalized spacial score (nSPS) is 27.9. The van der Waals surface area contributed by atoms with E-state index in [-0.39, 0.29) is 64.9 Å². The predicted octanol–water partition coefficient (Wildman–Crippen LogP) is 4.28. The Kier molecular flexibility index (Phi) is 7.49. The number of carbonyl (C=O) groups is 1. The number of aromatic hydroxyl groups is 1. The molecule has 4 aromatic rings. The van der Waals surface area contributed by atoms with Crippen molar-refractivity contribution in [3.05, 3.63) is 47.0 Å². The van der Waals surface area contributed by atoms with E-state index in [4.69, 9.17) is 30.8 Å². The third-order valence-corrected chi connectivity index (χ3v) is 11.7. The molecule has 11 nitrogen and oxygen atoms in total. The second-order valence-electron chi connectivity index (χ2n) is 14.6. The van der Waals surface area contributed by atoms with E-state index in [9.17, 15) is 14.3 Å². The minimum Gasteiger partial charge on any atom is -0.508 e. The number of piperazine rings is 1.